The van der Waals surface area contributed by atoms with Gasteiger partial charge >= 0.3 is 5.97 Å². The third-order valence-electron chi connectivity index (χ3n) is 9.43. The highest BCUT2D eigenvalue weighted by atomic mass is 16.4. The summed E-state index contributed by atoms with van der Waals surface area (Å²) in [6, 6.07) is -9.92. The minimum Gasteiger partial charge on any atom is -0.480 e. The Hall–Kier alpha value is -6.40. The van der Waals surface area contributed by atoms with E-state index >= 15 is 0 Å². The summed E-state index contributed by atoms with van der Waals surface area (Å²) in [7, 11) is 0. The van der Waals surface area contributed by atoms with Crippen LogP contribution in [0, 0.1) is 5.92 Å². The molecule has 0 unspecified atom stereocenters. The Bertz CT molecular complexity index is 1660. The standard InChI is InChI=1S/C36H60N12O13/c1-17(2)16-23(47-33(57)19(6-11-26(39)50)43-30(54)18(37)5-10-25(38)49)35(59)48-15-3-4-24(48)34(58)45-21(8-13-28(41)52)31(55)44-20(7-12-27(40)51)32(56)46-22(36(60)61)9-14-29(42)53/h17-24H,3-16,37H2,1-2H3,(H2,38,49)(H2,39,50)(H2,40,51)(H2,41,52)(H2,42,53)(H,43,54)(H,44,55)(H,45,58)(H,46,56)(H,47,57)(H,60,61)/t18-,19-,20-,21-,22-,23-,24-/m0/s1. The van der Waals surface area contributed by atoms with Crippen LogP contribution in [0.3, 0.4) is 0 Å². The zero-order valence-electron chi connectivity index (χ0n) is 34.3. The molecule has 0 bridgehead atoms. The van der Waals surface area contributed by atoms with Crippen LogP contribution in [0.5, 0.6) is 0 Å². The maximum absolute atomic E-state index is 14.1. The SMILES string of the molecule is CC(C)C[C@H](NC(=O)[C@H](CCC(N)=O)NC(=O)[C@@H](N)CCC(N)=O)C(=O)N1CCC[C@H]1C(=O)N[C@@H](CCC(N)=O)C(=O)N[C@@H](CCC(N)=O)C(=O)N[C@@H](CCC(N)=O)C(=O)O. The first-order valence-corrected chi connectivity index (χ1v) is 19.7. The average molecular weight is 869 g/mol. The van der Waals surface area contributed by atoms with Gasteiger partial charge in [0.2, 0.25) is 65.0 Å². The molecule has 1 rings (SSSR count). The summed E-state index contributed by atoms with van der Waals surface area (Å²) in [4.78, 5) is 151. The summed E-state index contributed by atoms with van der Waals surface area (Å²) < 4.78 is 0. The topological polar surface area (TPSA) is 445 Å². The van der Waals surface area contributed by atoms with Gasteiger partial charge in [0.15, 0.2) is 0 Å². The number of carbonyl (C=O) groups is 12. The van der Waals surface area contributed by atoms with Crippen molar-refractivity contribution in [2.24, 2.45) is 40.3 Å². The molecule has 7 atom stereocenters. The second-order valence-electron chi connectivity index (χ2n) is 15.1. The number of carbonyl (C=O) groups excluding carboxylic acids is 11. The molecule has 0 radical (unpaired) electrons. The first-order valence-electron chi connectivity index (χ1n) is 19.7. The smallest absolute Gasteiger partial charge is 0.326 e. The van der Waals surface area contributed by atoms with Gasteiger partial charge < -0.3 is 71.0 Å². The molecule has 61 heavy (non-hydrogen) atoms. The van der Waals surface area contributed by atoms with E-state index in [1.54, 1.807) is 13.8 Å². The average Bonchev–Trinajstić information content (AvgIpc) is 3.66. The number of aliphatic carboxylic acids is 1. The van der Waals surface area contributed by atoms with Crippen LogP contribution in [0.15, 0.2) is 0 Å². The number of rotatable bonds is 29. The minimum atomic E-state index is -1.62. The molecule has 0 aromatic rings. The fourth-order valence-electron chi connectivity index (χ4n) is 6.20. The summed E-state index contributed by atoms with van der Waals surface area (Å²) in [5.41, 5.74) is 31.9. The predicted octanol–water partition coefficient (Wildman–Crippen LogP) is -5.81. The number of hydrogen-bond acceptors (Lipinski definition) is 13. The Morgan fingerprint density at radius 3 is 1.31 bits per heavy atom. The van der Waals surface area contributed by atoms with Gasteiger partial charge in [-0.2, -0.15) is 0 Å². The number of nitrogens with one attached hydrogen (secondary N) is 5. The summed E-state index contributed by atoms with van der Waals surface area (Å²) in [6.07, 6.45) is -3.05. The number of carboxylic acid groups (broad SMARTS) is 1. The Kier molecular flexibility index (Phi) is 22.4. The van der Waals surface area contributed by atoms with E-state index < -0.39 is 152 Å². The molecule has 25 heteroatoms. The lowest BCUT2D eigenvalue weighted by molar-refractivity contribution is -0.143. The van der Waals surface area contributed by atoms with Crippen LogP contribution in [-0.2, 0) is 57.5 Å². The van der Waals surface area contributed by atoms with Crippen LogP contribution in [0.2, 0.25) is 0 Å². The van der Waals surface area contributed by atoms with Gasteiger partial charge in [0.25, 0.3) is 0 Å². The van der Waals surface area contributed by atoms with E-state index in [0.29, 0.717) is 6.42 Å². The lowest BCUT2D eigenvalue weighted by atomic mass is 10.0. The fourth-order valence-corrected chi connectivity index (χ4v) is 6.20. The fraction of sp³-hybridized carbons (Fsp3) is 0.667. The molecule has 0 saturated carbocycles. The van der Waals surface area contributed by atoms with Crippen molar-refractivity contribution in [1.29, 1.82) is 0 Å². The Morgan fingerprint density at radius 1 is 0.541 bits per heavy atom. The molecule has 1 heterocycles. The van der Waals surface area contributed by atoms with E-state index in [1.165, 1.54) is 4.90 Å². The van der Waals surface area contributed by atoms with Gasteiger partial charge in [-0.25, -0.2) is 4.79 Å². The second kappa shape index (κ2) is 25.9. The second-order valence-corrected chi connectivity index (χ2v) is 15.1. The van der Waals surface area contributed by atoms with E-state index in [4.69, 9.17) is 34.4 Å². The normalized spacial score (nSPS) is 16.4. The number of primary amides is 5. The van der Waals surface area contributed by atoms with E-state index in [-0.39, 0.29) is 51.0 Å². The maximum atomic E-state index is 14.1. The molecule has 0 aliphatic carbocycles. The van der Waals surface area contributed by atoms with Gasteiger partial charge in [-0.3, -0.25) is 52.7 Å². The monoisotopic (exact) mass is 868 g/mol. The number of amides is 11. The van der Waals surface area contributed by atoms with Crippen LogP contribution in [0.1, 0.15) is 97.3 Å². The van der Waals surface area contributed by atoms with Crippen molar-refractivity contribution in [2.75, 3.05) is 6.54 Å². The van der Waals surface area contributed by atoms with Gasteiger partial charge in [-0.1, -0.05) is 13.8 Å². The minimum absolute atomic E-state index is 0.0337. The molecule has 0 aromatic carbocycles. The van der Waals surface area contributed by atoms with Crippen molar-refractivity contribution >= 4 is 70.9 Å². The third kappa shape index (κ3) is 19.9. The Labute approximate surface area is 351 Å². The lowest BCUT2D eigenvalue weighted by Gasteiger charge is -2.31. The van der Waals surface area contributed by atoms with E-state index in [9.17, 15) is 62.6 Å². The van der Waals surface area contributed by atoms with Gasteiger partial charge in [0, 0.05) is 38.6 Å². The first-order chi connectivity index (χ1) is 28.4. The molecule has 11 amide bonds. The molecule has 25 nitrogen and oxygen atoms in total. The van der Waals surface area contributed by atoms with Crippen LogP contribution >= 0.6 is 0 Å². The van der Waals surface area contributed by atoms with Gasteiger partial charge in [0.05, 0.1) is 6.04 Å². The first kappa shape index (κ1) is 52.6. The molecular formula is C36H60N12O13. The van der Waals surface area contributed by atoms with Crippen molar-refractivity contribution in [2.45, 2.75) is 140 Å². The number of nitrogens with two attached hydrogens (primary N) is 6. The molecule has 1 aliphatic heterocycles. The molecule has 1 saturated heterocycles. The highest BCUT2D eigenvalue weighted by Gasteiger charge is 2.40. The number of likely N-dealkylation sites (tertiary alicyclic amines) is 1. The molecule has 0 spiro atoms. The third-order valence-corrected chi connectivity index (χ3v) is 9.43. The Morgan fingerprint density at radius 2 is 0.902 bits per heavy atom. The Balaban J connectivity index is 3.35. The van der Waals surface area contributed by atoms with Crippen molar-refractivity contribution < 1.29 is 62.6 Å². The van der Waals surface area contributed by atoms with E-state index in [1.807, 2.05) is 0 Å². The van der Waals surface area contributed by atoms with E-state index in [0.717, 1.165) is 0 Å². The van der Waals surface area contributed by atoms with Crippen LogP contribution in [-0.4, -0.2) is 130 Å². The summed E-state index contributed by atoms with van der Waals surface area (Å²) >= 11 is 0. The maximum Gasteiger partial charge on any atom is 0.326 e. The van der Waals surface area contributed by atoms with Gasteiger partial charge in [0.1, 0.15) is 36.3 Å². The van der Waals surface area contributed by atoms with Crippen LogP contribution in [0.25, 0.3) is 0 Å². The highest BCUT2D eigenvalue weighted by Crippen LogP contribution is 2.21. The summed E-state index contributed by atoms with van der Waals surface area (Å²) in [5.74, 6) is -11.2. The quantitative estimate of drug-likeness (QED) is 0.0333. The molecular weight excluding hydrogens is 808 g/mol. The summed E-state index contributed by atoms with van der Waals surface area (Å²) in [5, 5.41) is 21.5. The van der Waals surface area contributed by atoms with Crippen molar-refractivity contribution in [1.82, 2.24) is 31.5 Å². The molecule has 0 aromatic heterocycles. The highest BCUT2D eigenvalue weighted by molar-refractivity contribution is 5.98. The molecule has 1 aliphatic rings. The molecule has 1 fully saturated rings. The summed E-state index contributed by atoms with van der Waals surface area (Å²) in [6.45, 7) is 3.55. The van der Waals surface area contributed by atoms with Crippen LogP contribution in [0.4, 0.5) is 0 Å². The van der Waals surface area contributed by atoms with Crippen molar-refractivity contribution in [3.8, 4) is 0 Å². The number of hydrogen-bond donors (Lipinski definition) is 12. The largest absolute Gasteiger partial charge is 0.480 e. The number of nitrogens with zero attached hydrogens (tertiary/aromatic N) is 1. The molecule has 18 N–H and O–H groups in total. The zero-order valence-corrected chi connectivity index (χ0v) is 34.3. The molecule has 342 valence electrons. The predicted molar refractivity (Wildman–Crippen MR) is 212 cm³/mol. The van der Waals surface area contributed by atoms with E-state index in [2.05, 4.69) is 26.6 Å². The van der Waals surface area contributed by atoms with Crippen molar-refractivity contribution in [3.05, 3.63) is 0 Å². The van der Waals surface area contributed by atoms with Crippen molar-refractivity contribution in [3.63, 3.8) is 0 Å². The zero-order chi connectivity index (χ0) is 46.6. The van der Waals surface area contributed by atoms with Gasteiger partial charge in [-0.15, -0.1) is 0 Å². The number of carboxylic acids is 1. The van der Waals surface area contributed by atoms with Crippen LogP contribution < -0.4 is 61.0 Å². The lowest BCUT2D eigenvalue weighted by Crippen LogP contribution is -2.59. The van der Waals surface area contributed by atoms with Gasteiger partial charge in [-0.05, 0) is 57.3 Å².